The van der Waals surface area contributed by atoms with Gasteiger partial charge in [-0.25, -0.2) is 0 Å². The van der Waals surface area contributed by atoms with Crippen LogP contribution in [0.25, 0.3) is 0 Å². The topological polar surface area (TPSA) is 35.5 Å². The van der Waals surface area contributed by atoms with Crippen molar-refractivity contribution in [1.29, 1.82) is 0 Å². The molecule has 1 fully saturated rings. The molecule has 0 atom stereocenters. The first-order chi connectivity index (χ1) is 10.2. The van der Waals surface area contributed by atoms with Crippen LogP contribution in [-0.2, 0) is 5.41 Å². The average molecular weight is 282 g/mol. The third-order valence-electron chi connectivity index (χ3n) is 4.16. The molecule has 0 heterocycles. The summed E-state index contributed by atoms with van der Waals surface area (Å²) in [6.07, 6.45) is 1.77. The van der Waals surface area contributed by atoms with Gasteiger partial charge in [-0.2, -0.15) is 0 Å². The SMILES string of the molecule is COc1ccc(OC)c(C(=O)C2(c3ccccc3)CC2)c1. The molecule has 1 saturated carbocycles. The lowest BCUT2D eigenvalue weighted by atomic mass is 9.87. The van der Waals surface area contributed by atoms with E-state index in [0.29, 0.717) is 17.1 Å². The maximum absolute atomic E-state index is 13.0. The second kappa shape index (κ2) is 5.24. The van der Waals surface area contributed by atoms with Crippen LogP contribution in [-0.4, -0.2) is 20.0 Å². The van der Waals surface area contributed by atoms with Crippen LogP contribution in [0.5, 0.6) is 11.5 Å². The second-order valence-corrected chi connectivity index (χ2v) is 5.34. The number of benzene rings is 2. The van der Waals surface area contributed by atoms with E-state index in [-0.39, 0.29) is 11.2 Å². The minimum absolute atomic E-state index is 0.115. The first-order valence-electron chi connectivity index (χ1n) is 7.03. The molecular formula is C18H18O3. The lowest BCUT2D eigenvalue weighted by molar-refractivity contribution is 0.0942. The molecule has 0 aliphatic heterocycles. The second-order valence-electron chi connectivity index (χ2n) is 5.34. The van der Waals surface area contributed by atoms with Crippen molar-refractivity contribution in [2.45, 2.75) is 18.3 Å². The summed E-state index contributed by atoms with van der Waals surface area (Å²) in [6.45, 7) is 0. The Morgan fingerprint density at radius 3 is 2.29 bits per heavy atom. The fraction of sp³-hybridized carbons (Fsp3) is 0.278. The first kappa shape index (κ1) is 13.7. The van der Waals surface area contributed by atoms with Crippen molar-refractivity contribution in [3.05, 3.63) is 59.7 Å². The molecule has 108 valence electrons. The van der Waals surface area contributed by atoms with Crippen LogP contribution in [0.15, 0.2) is 48.5 Å². The van der Waals surface area contributed by atoms with Crippen molar-refractivity contribution < 1.29 is 14.3 Å². The van der Waals surface area contributed by atoms with Crippen LogP contribution >= 0.6 is 0 Å². The van der Waals surface area contributed by atoms with Gasteiger partial charge in [-0.15, -0.1) is 0 Å². The van der Waals surface area contributed by atoms with Crippen molar-refractivity contribution in [2.24, 2.45) is 0 Å². The fourth-order valence-electron chi connectivity index (χ4n) is 2.78. The van der Waals surface area contributed by atoms with E-state index in [1.807, 2.05) is 30.3 Å². The van der Waals surface area contributed by atoms with E-state index in [4.69, 9.17) is 9.47 Å². The molecule has 3 nitrogen and oxygen atoms in total. The van der Waals surface area contributed by atoms with Crippen LogP contribution in [0, 0.1) is 0 Å². The monoisotopic (exact) mass is 282 g/mol. The fourth-order valence-corrected chi connectivity index (χ4v) is 2.78. The summed E-state index contributed by atoms with van der Waals surface area (Å²) in [5.74, 6) is 1.38. The number of carbonyl (C=O) groups excluding carboxylic acids is 1. The van der Waals surface area contributed by atoms with Crippen LogP contribution in [0.3, 0.4) is 0 Å². The highest BCUT2D eigenvalue weighted by atomic mass is 16.5. The largest absolute Gasteiger partial charge is 0.497 e. The molecule has 0 bridgehead atoms. The Hall–Kier alpha value is -2.29. The number of rotatable bonds is 5. The van der Waals surface area contributed by atoms with E-state index in [2.05, 4.69) is 0 Å². The first-order valence-corrected chi connectivity index (χ1v) is 7.03. The van der Waals surface area contributed by atoms with Gasteiger partial charge in [0.15, 0.2) is 5.78 Å². The number of ketones is 1. The minimum atomic E-state index is -0.388. The number of ether oxygens (including phenoxy) is 2. The molecule has 1 aliphatic rings. The highest BCUT2D eigenvalue weighted by molar-refractivity contribution is 6.08. The molecule has 3 rings (SSSR count). The predicted molar refractivity (Wildman–Crippen MR) is 81.2 cm³/mol. The van der Waals surface area contributed by atoms with Crippen molar-refractivity contribution in [3.63, 3.8) is 0 Å². The summed E-state index contributed by atoms with van der Waals surface area (Å²) in [5.41, 5.74) is 1.29. The third-order valence-corrected chi connectivity index (χ3v) is 4.16. The Kier molecular flexibility index (Phi) is 3.42. The van der Waals surface area contributed by atoms with Gasteiger partial charge in [0, 0.05) is 0 Å². The Balaban J connectivity index is 2.03. The molecule has 0 unspecified atom stereocenters. The van der Waals surface area contributed by atoms with Gasteiger partial charge in [0.2, 0.25) is 0 Å². The molecule has 2 aromatic rings. The molecule has 0 N–H and O–H groups in total. The van der Waals surface area contributed by atoms with Crippen molar-refractivity contribution >= 4 is 5.78 Å². The zero-order valence-corrected chi connectivity index (χ0v) is 12.3. The van der Waals surface area contributed by atoms with E-state index in [1.165, 1.54) is 0 Å². The summed E-state index contributed by atoms with van der Waals surface area (Å²) in [6, 6.07) is 15.3. The number of hydrogen-bond donors (Lipinski definition) is 0. The van der Waals surface area contributed by atoms with Gasteiger partial charge in [0.05, 0.1) is 25.2 Å². The maximum Gasteiger partial charge on any atom is 0.177 e. The van der Waals surface area contributed by atoms with E-state index in [0.717, 1.165) is 18.4 Å². The van der Waals surface area contributed by atoms with E-state index < -0.39 is 0 Å². The molecule has 0 radical (unpaired) electrons. The molecule has 2 aromatic carbocycles. The maximum atomic E-state index is 13.0. The Bertz CT molecular complexity index is 657. The summed E-state index contributed by atoms with van der Waals surface area (Å²) >= 11 is 0. The number of carbonyl (C=O) groups is 1. The van der Waals surface area contributed by atoms with Gasteiger partial charge in [-0.1, -0.05) is 30.3 Å². The molecule has 0 spiro atoms. The highest BCUT2D eigenvalue weighted by Crippen LogP contribution is 2.51. The zero-order valence-electron chi connectivity index (χ0n) is 12.3. The number of methoxy groups -OCH3 is 2. The molecule has 0 amide bonds. The van der Waals surface area contributed by atoms with Gasteiger partial charge in [-0.3, -0.25) is 4.79 Å². The smallest absolute Gasteiger partial charge is 0.177 e. The summed E-state index contributed by atoms with van der Waals surface area (Å²) in [4.78, 5) is 13.0. The van der Waals surface area contributed by atoms with Gasteiger partial charge < -0.3 is 9.47 Å². The minimum Gasteiger partial charge on any atom is -0.497 e. The highest BCUT2D eigenvalue weighted by Gasteiger charge is 2.51. The van der Waals surface area contributed by atoms with E-state index in [1.54, 1.807) is 32.4 Å². The molecular weight excluding hydrogens is 264 g/mol. The van der Waals surface area contributed by atoms with Gasteiger partial charge in [0.1, 0.15) is 11.5 Å². The summed E-state index contributed by atoms with van der Waals surface area (Å²) in [7, 11) is 3.18. The molecule has 0 saturated heterocycles. The van der Waals surface area contributed by atoms with E-state index in [9.17, 15) is 4.79 Å². The lowest BCUT2D eigenvalue weighted by Gasteiger charge is -2.17. The number of Topliss-reactive ketones (excluding diaryl/α,β-unsaturated/α-hetero) is 1. The van der Waals surface area contributed by atoms with Crippen LogP contribution in [0.4, 0.5) is 0 Å². The molecule has 1 aliphatic carbocycles. The van der Waals surface area contributed by atoms with Gasteiger partial charge >= 0.3 is 0 Å². The average Bonchev–Trinajstić information content (AvgIpc) is 3.36. The Morgan fingerprint density at radius 1 is 1.00 bits per heavy atom. The van der Waals surface area contributed by atoms with Crippen LogP contribution in [0.1, 0.15) is 28.8 Å². The quantitative estimate of drug-likeness (QED) is 0.786. The normalized spacial score (nSPS) is 15.3. The van der Waals surface area contributed by atoms with Gasteiger partial charge in [-0.05, 0) is 36.6 Å². The molecule has 0 aromatic heterocycles. The summed E-state index contributed by atoms with van der Waals surface area (Å²) in [5, 5.41) is 0. The third kappa shape index (κ3) is 2.29. The zero-order chi connectivity index (χ0) is 14.9. The van der Waals surface area contributed by atoms with Crippen LogP contribution < -0.4 is 9.47 Å². The van der Waals surface area contributed by atoms with Crippen molar-refractivity contribution in [1.82, 2.24) is 0 Å². The Morgan fingerprint density at radius 2 is 1.71 bits per heavy atom. The molecule has 3 heteroatoms. The lowest BCUT2D eigenvalue weighted by Crippen LogP contribution is -2.21. The van der Waals surface area contributed by atoms with E-state index >= 15 is 0 Å². The van der Waals surface area contributed by atoms with Gasteiger partial charge in [0.25, 0.3) is 0 Å². The summed E-state index contributed by atoms with van der Waals surface area (Å²) < 4.78 is 10.6. The molecule has 21 heavy (non-hydrogen) atoms. The van der Waals surface area contributed by atoms with Crippen molar-refractivity contribution in [2.75, 3.05) is 14.2 Å². The standard InChI is InChI=1S/C18H18O3/c1-20-14-8-9-16(21-2)15(12-14)17(19)18(10-11-18)13-6-4-3-5-7-13/h3-9,12H,10-11H2,1-2H3. The van der Waals surface area contributed by atoms with Crippen LogP contribution in [0.2, 0.25) is 0 Å². The number of hydrogen-bond acceptors (Lipinski definition) is 3. The predicted octanol–water partition coefficient (Wildman–Crippen LogP) is 3.62. The van der Waals surface area contributed by atoms with Crippen molar-refractivity contribution in [3.8, 4) is 11.5 Å². The Labute approximate surface area is 124 Å².